The van der Waals surface area contributed by atoms with Gasteiger partial charge in [0.25, 0.3) is 0 Å². The van der Waals surface area contributed by atoms with Gasteiger partial charge in [0, 0.05) is 18.3 Å². The molecular formula is C12H16ClN3OS. The molecule has 0 radical (unpaired) electrons. The molecule has 4 nitrogen and oxygen atoms in total. The van der Waals surface area contributed by atoms with E-state index in [1.54, 1.807) is 17.5 Å². The van der Waals surface area contributed by atoms with Gasteiger partial charge in [0.15, 0.2) is 5.75 Å². The summed E-state index contributed by atoms with van der Waals surface area (Å²) >= 11 is 7.39. The van der Waals surface area contributed by atoms with Crippen molar-refractivity contribution in [2.24, 2.45) is 0 Å². The van der Waals surface area contributed by atoms with Crippen molar-refractivity contribution in [3.05, 3.63) is 28.5 Å². The highest BCUT2D eigenvalue weighted by Gasteiger charge is 2.02. The molecule has 0 saturated carbocycles. The van der Waals surface area contributed by atoms with Gasteiger partial charge in [-0.15, -0.1) is 22.9 Å². The fourth-order valence-corrected chi connectivity index (χ4v) is 2.69. The van der Waals surface area contributed by atoms with Crippen LogP contribution >= 0.6 is 22.9 Å². The van der Waals surface area contributed by atoms with Crippen LogP contribution < -0.4 is 4.74 Å². The molecule has 2 rings (SSSR count). The Morgan fingerprint density at radius 2 is 2.39 bits per heavy atom. The Bertz CT molecular complexity index is 483. The maximum absolute atomic E-state index is 5.72. The average Bonchev–Trinajstić information content (AvgIpc) is 2.99. The summed E-state index contributed by atoms with van der Waals surface area (Å²) in [6.07, 6.45) is 5.65. The van der Waals surface area contributed by atoms with Crippen LogP contribution in [0.1, 0.15) is 24.0 Å². The molecule has 0 saturated heterocycles. The molecule has 0 aliphatic heterocycles. The van der Waals surface area contributed by atoms with E-state index in [4.69, 9.17) is 16.3 Å². The van der Waals surface area contributed by atoms with Gasteiger partial charge in [-0.25, -0.2) is 4.98 Å². The second kappa shape index (κ2) is 6.75. The summed E-state index contributed by atoms with van der Waals surface area (Å²) < 4.78 is 7.26. The molecule has 2 heterocycles. The van der Waals surface area contributed by atoms with Crippen LogP contribution in [-0.2, 0) is 18.8 Å². The van der Waals surface area contributed by atoms with Crippen molar-refractivity contribution in [1.82, 2.24) is 14.8 Å². The van der Waals surface area contributed by atoms with Gasteiger partial charge < -0.3 is 4.74 Å². The van der Waals surface area contributed by atoms with E-state index < -0.39 is 0 Å². The van der Waals surface area contributed by atoms with E-state index in [1.165, 1.54) is 0 Å². The van der Waals surface area contributed by atoms with Crippen molar-refractivity contribution in [2.45, 2.75) is 32.2 Å². The Labute approximate surface area is 116 Å². The molecule has 2 aromatic rings. The van der Waals surface area contributed by atoms with Crippen LogP contribution in [0.25, 0.3) is 0 Å². The quantitative estimate of drug-likeness (QED) is 0.734. The lowest BCUT2D eigenvalue weighted by atomic mass is 10.3. The lowest BCUT2D eigenvalue weighted by molar-refractivity contribution is 0.339. The average molecular weight is 286 g/mol. The van der Waals surface area contributed by atoms with Crippen molar-refractivity contribution in [3.8, 4) is 5.75 Å². The topological polar surface area (TPSA) is 39.9 Å². The van der Waals surface area contributed by atoms with E-state index in [-0.39, 0.29) is 0 Å². The zero-order valence-corrected chi connectivity index (χ0v) is 11.9. The van der Waals surface area contributed by atoms with Crippen molar-refractivity contribution < 1.29 is 4.74 Å². The normalized spacial score (nSPS) is 10.8. The number of aryl methyl sites for hydroxylation is 2. The first-order chi connectivity index (χ1) is 8.81. The Morgan fingerprint density at radius 3 is 3.11 bits per heavy atom. The van der Waals surface area contributed by atoms with Crippen molar-refractivity contribution in [3.63, 3.8) is 0 Å². The molecule has 0 amide bonds. The SMILES string of the molecule is CCOc1cnn(CCCc2nc(CCl)cs2)c1. The van der Waals surface area contributed by atoms with E-state index in [1.807, 2.05) is 23.2 Å². The Balaban J connectivity index is 1.77. The number of hydrogen-bond acceptors (Lipinski definition) is 4. The summed E-state index contributed by atoms with van der Waals surface area (Å²) in [5.74, 6) is 1.32. The standard InChI is InChI=1S/C12H16ClN3OS/c1-2-17-11-7-14-16(8-11)5-3-4-12-15-10(6-13)9-18-12/h7-9H,2-6H2,1H3. The van der Waals surface area contributed by atoms with Gasteiger partial charge in [0.2, 0.25) is 0 Å². The maximum atomic E-state index is 5.72. The molecule has 0 fully saturated rings. The number of nitrogens with zero attached hydrogens (tertiary/aromatic N) is 3. The smallest absolute Gasteiger partial charge is 0.157 e. The summed E-state index contributed by atoms with van der Waals surface area (Å²) in [7, 11) is 0. The van der Waals surface area contributed by atoms with Gasteiger partial charge >= 0.3 is 0 Å². The molecule has 2 aromatic heterocycles. The van der Waals surface area contributed by atoms with E-state index >= 15 is 0 Å². The van der Waals surface area contributed by atoms with Crippen molar-refractivity contribution in [2.75, 3.05) is 6.61 Å². The van der Waals surface area contributed by atoms with Crippen molar-refractivity contribution >= 4 is 22.9 Å². The summed E-state index contributed by atoms with van der Waals surface area (Å²) in [6.45, 7) is 3.52. The first kappa shape index (κ1) is 13.4. The van der Waals surface area contributed by atoms with Crippen LogP contribution in [-0.4, -0.2) is 21.4 Å². The van der Waals surface area contributed by atoms with E-state index in [0.29, 0.717) is 12.5 Å². The molecule has 98 valence electrons. The third-order valence-corrected chi connectivity index (χ3v) is 3.67. The molecule has 0 aromatic carbocycles. The highest BCUT2D eigenvalue weighted by molar-refractivity contribution is 7.09. The van der Waals surface area contributed by atoms with Gasteiger partial charge in [-0.2, -0.15) is 5.10 Å². The first-order valence-electron chi connectivity index (χ1n) is 5.96. The van der Waals surface area contributed by atoms with Crippen molar-refractivity contribution in [1.29, 1.82) is 0 Å². The summed E-state index contributed by atoms with van der Waals surface area (Å²) in [5.41, 5.74) is 0.967. The van der Waals surface area contributed by atoms with E-state index in [2.05, 4.69) is 10.1 Å². The molecule has 6 heteroatoms. The van der Waals surface area contributed by atoms with Crippen LogP contribution in [0.2, 0.25) is 0 Å². The number of rotatable bonds is 7. The molecule has 18 heavy (non-hydrogen) atoms. The zero-order chi connectivity index (χ0) is 12.8. The zero-order valence-electron chi connectivity index (χ0n) is 10.3. The number of thiazole rings is 1. The lowest BCUT2D eigenvalue weighted by Crippen LogP contribution is -2.00. The monoisotopic (exact) mass is 285 g/mol. The van der Waals surface area contributed by atoms with E-state index in [0.717, 1.165) is 35.8 Å². The fraction of sp³-hybridized carbons (Fsp3) is 0.500. The summed E-state index contributed by atoms with van der Waals surface area (Å²) in [6, 6.07) is 0. The number of ether oxygens (including phenoxy) is 1. The van der Waals surface area contributed by atoms with Crippen LogP contribution in [0.3, 0.4) is 0 Å². The Morgan fingerprint density at radius 1 is 1.50 bits per heavy atom. The molecule has 0 N–H and O–H groups in total. The van der Waals surface area contributed by atoms with Crippen LogP contribution in [0.4, 0.5) is 0 Å². The second-order valence-electron chi connectivity index (χ2n) is 3.84. The highest BCUT2D eigenvalue weighted by atomic mass is 35.5. The minimum absolute atomic E-state index is 0.493. The predicted octanol–water partition coefficient (Wildman–Crippen LogP) is 3.11. The van der Waals surface area contributed by atoms with Crippen LogP contribution in [0.15, 0.2) is 17.8 Å². The molecule has 0 spiro atoms. The molecule has 0 aliphatic carbocycles. The van der Waals surface area contributed by atoms with Crippen LogP contribution in [0.5, 0.6) is 5.75 Å². The largest absolute Gasteiger partial charge is 0.491 e. The van der Waals surface area contributed by atoms with Gasteiger partial charge in [0.05, 0.1) is 35.6 Å². The van der Waals surface area contributed by atoms with Gasteiger partial charge in [-0.05, 0) is 13.3 Å². The van der Waals surface area contributed by atoms with Crippen LogP contribution in [0, 0.1) is 0 Å². The molecular weight excluding hydrogens is 270 g/mol. The third-order valence-electron chi connectivity index (χ3n) is 2.43. The van der Waals surface area contributed by atoms with Gasteiger partial charge in [-0.3, -0.25) is 4.68 Å². The van der Waals surface area contributed by atoms with E-state index in [9.17, 15) is 0 Å². The number of halogens is 1. The Hall–Kier alpha value is -1.07. The molecule has 0 unspecified atom stereocenters. The first-order valence-corrected chi connectivity index (χ1v) is 7.37. The number of alkyl halides is 1. The van der Waals surface area contributed by atoms with Gasteiger partial charge in [-0.1, -0.05) is 0 Å². The predicted molar refractivity (Wildman–Crippen MR) is 73.4 cm³/mol. The van der Waals surface area contributed by atoms with Gasteiger partial charge in [0.1, 0.15) is 0 Å². The maximum Gasteiger partial charge on any atom is 0.157 e. The second-order valence-corrected chi connectivity index (χ2v) is 5.05. The number of hydrogen-bond donors (Lipinski definition) is 0. The molecule has 0 atom stereocenters. The number of aromatic nitrogens is 3. The lowest BCUT2D eigenvalue weighted by Gasteiger charge is -1.99. The third kappa shape index (κ3) is 3.71. The Kier molecular flexibility index (Phi) is 5.01. The summed E-state index contributed by atoms with van der Waals surface area (Å²) in [5, 5.41) is 7.40. The highest BCUT2D eigenvalue weighted by Crippen LogP contribution is 2.14. The minimum Gasteiger partial charge on any atom is -0.491 e. The molecule has 0 bridgehead atoms. The fourth-order valence-electron chi connectivity index (χ4n) is 1.63. The minimum atomic E-state index is 0.493. The molecule has 0 aliphatic rings. The summed E-state index contributed by atoms with van der Waals surface area (Å²) in [4.78, 5) is 4.43.